The number of rotatable bonds is 2. The predicted molar refractivity (Wildman–Crippen MR) is 47.6 cm³/mol. The Morgan fingerprint density at radius 2 is 2.38 bits per heavy atom. The topological polar surface area (TPSA) is 39.2 Å². The summed E-state index contributed by atoms with van der Waals surface area (Å²) in [5.74, 6) is -1.05. The first-order valence-electron chi connectivity index (χ1n) is 3.51. The predicted octanol–water partition coefficient (Wildman–Crippen LogP) is 1.70. The maximum Gasteiger partial charge on any atom is 0.311 e. The molecule has 0 spiro atoms. The van der Waals surface area contributed by atoms with Crippen LogP contribution in [0.25, 0.3) is 0 Å². The second-order valence-electron chi connectivity index (χ2n) is 2.32. The van der Waals surface area contributed by atoms with Gasteiger partial charge in [0.2, 0.25) is 5.95 Å². The summed E-state index contributed by atoms with van der Waals surface area (Å²) in [7, 11) is 1.27. The summed E-state index contributed by atoms with van der Waals surface area (Å²) in [6.07, 6.45) is -0.0329. The minimum atomic E-state index is -0.609. The number of hydrogen-bond donors (Lipinski definition) is 0. The zero-order valence-electron chi connectivity index (χ0n) is 6.88. The highest BCUT2D eigenvalue weighted by atomic mass is 79.9. The van der Waals surface area contributed by atoms with Gasteiger partial charge in [-0.1, -0.05) is 0 Å². The van der Waals surface area contributed by atoms with Crippen molar-refractivity contribution in [1.29, 1.82) is 0 Å². The summed E-state index contributed by atoms with van der Waals surface area (Å²) in [6.45, 7) is 0. The zero-order chi connectivity index (χ0) is 9.84. The van der Waals surface area contributed by atoms with Crippen LogP contribution < -0.4 is 0 Å². The fourth-order valence-corrected chi connectivity index (χ4v) is 1.15. The summed E-state index contributed by atoms with van der Waals surface area (Å²) in [5, 5.41) is 0. The molecule has 0 aromatic carbocycles. The Bertz CT molecular complexity index is 330. The molecule has 1 heterocycles. The molecule has 0 saturated carbocycles. The van der Waals surface area contributed by atoms with Crippen LogP contribution in [-0.4, -0.2) is 18.1 Å². The second-order valence-corrected chi connectivity index (χ2v) is 3.17. The molecule has 1 aromatic heterocycles. The van der Waals surface area contributed by atoms with E-state index in [1.165, 1.54) is 19.2 Å². The lowest BCUT2D eigenvalue weighted by Crippen LogP contribution is -2.07. The van der Waals surface area contributed by atoms with Crippen molar-refractivity contribution in [2.75, 3.05) is 7.11 Å². The molecule has 0 aliphatic rings. The first-order chi connectivity index (χ1) is 6.13. The first-order valence-corrected chi connectivity index (χ1v) is 4.30. The standard InChI is InChI=1S/C8H7BrFNO2/c1-13-8(12)4-6-5(9)2-3-7(10)11-6/h2-3H,4H2,1H3. The van der Waals surface area contributed by atoms with Gasteiger partial charge in [0.05, 0.1) is 19.2 Å². The van der Waals surface area contributed by atoms with Crippen LogP contribution in [0.4, 0.5) is 4.39 Å². The molecule has 0 aliphatic carbocycles. The largest absolute Gasteiger partial charge is 0.469 e. The lowest BCUT2D eigenvalue weighted by Gasteiger charge is -2.01. The normalized spacial score (nSPS) is 9.77. The molecule has 0 fully saturated rings. The van der Waals surface area contributed by atoms with Crippen molar-refractivity contribution in [2.45, 2.75) is 6.42 Å². The maximum atomic E-state index is 12.6. The van der Waals surface area contributed by atoms with E-state index < -0.39 is 11.9 Å². The minimum absolute atomic E-state index is 0.0329. The highest BCUT2D eigenvalue weighted by Crippen LogP contribution is 2.15. The fraction of sp³-hybridized carbons (Fsp3) is 0.250. The van der Waals surface area contributed by atoms with Crippen molar-refractivity contribution in [2.24, 2.45) is 0 Å². The third kappa shape index (κ3) is 2.77. The number of carbonyl (C=O) groups excluding carboxylic acids is 1. The number of aromatic nitrogens is 1. The molecule has 3 nitrogen and oxygen atoms in total. The van der Waals surface area contributed by atoms with Crippen LogP contribution in [0.3, 0.4) is 0 Å². The van der Waals surface area contributed by atoms with Gasteiger partial charge in [-0.05, 0) is 28.1 Å². The van der Waals surface area contributed by atoms with Crippen LogP contribution in [0.5, 0.6) is 0 Å². The van der Waals surface area contributed by atoms with Gasteiger partial charge in [-0.2, -0.15) is 4.39 Å². The van der Waals surface area contributed by atoms with Crippen molar-refractivity contribution >= 4 is 21.9 Å². The van der Waals surface area contributed by atoms with E-state index in [0.717, 1.165) is 0 Å². The second kappa shape index (κ2) is 4.32. The van der Waals surface area contributed by atoms with Gasteiger partial charge in [0.1, 0.15) is 0 Å². The molecule has 0 atom stereocenters. The number of methoxy groups -OCH3 is 1. The summed E-state index contributed by atoms with van der Waals surface area (Å²) in [5.41, 5.74) is 0.340. The highest BCUT2D eigenvalue weighted by molar-refractivity contribution is 9.10. The summed E-state index contributed by atoms with van der Waals surface area (Å²) >= 11 is 3.15. The maximum absolute atomic E-state index is 12.6. The third-order valence-corrected chi connectivity index (χ3v) is 2.15. The van der Waals surface area contributed by atoms with Gasteiger partial charge in [-0.25, -0.2) is 4.98 Å². The molecule has 13 heavy (non-hydrogen) atoms. The first kappa shape index (κ1) is 10.1. The molecule has 0 radical (unpaired) electrons. The molecule has 1 aromatic rings. The van der Waals surface area contributed by atoms with Crippen LogP contribution in [0.15, 0.2) is 16.6 Å². The van der Waals surface area contributed by atoms with Gasteiger partial charge in [-0.15, -0.1) is 0 Å². The molecule has 70 valence electrons. The quantitative estimate of drug-likeness (QED) is 0.590. The Morgan fingerprint density at radius 1 is 1.69 bits per heavy atom. The van der Waals surface area contributed by atoms with Crippen LogP contribution in [0.1, 0.15) is 5.69 Å². The summed E-state index contributed by atoms with van der Waals surface area (Å²) < 4.78 is 17.6. The average molecular weight is 248 g/mol. The minimum Gasteiger partial charge on any atom is -0.469 e. The van der Waals surface area contributed by atoms with Gasteiger partial charge in [0.15, 0.2) is 0 Å². The van der Waals surface area contributed by atoms with Crippen molar-refractivity contribution in [3.8, 4) is 0 Å². The van der Waals surface area contributed by atoms with Crippen molar-refractivity contribution in [3.05, 3.63) is 28.2 Å². The molecule has 0 unspecified atom stereocenters. The van der Waals surface area contributed by atoms with Gasteiger partial charge < -0.3 is 4.74 Å². The molecule has 0 N–H and O–H groups in total. The Hall–Kier alpha value is -0.970. The van der Waals surface area contributed by atoms with Crippen LogP contribution in [0.2, 0.25) is 0 Å². The number of esters is 1. The third-order valence-electron chi connectivity index (χ3n) is 1.42. The summed E-state index contributed by atoms with van der Waals surface area (Å²) in [6, 6.07) is 2.71. The molecular weight excluding hydrogens is 241 g/mol. The Labute approximate surface area is 83.1 Å². The molecular formula is C8H7BrFNO2. The zero-order valence-corrected chi connectivity index (χ0v) is 8.47. The molecule has 0 saturated heterocycles. The van der Waals surface area contributed by atoms with Crippen molar-refractivity contribution in [1.82, 2.24) is 4.98 Å². The monoisotopic (exact) mass is 247 g/mol. The van der Waals surface area contributed by atoms with Gasteiger partial charge in [0.25, 0.3) is 0 Å². The summed E-state index contributed by atoms with van der Waals surface area (Å²) in [4.78, 5) is 14.4. The van der Waals surface area contributed by atoms with E-state index in [-0.39, 0.29) is 6.42 Å². The molecule has 1 rings (SSSR count). The van der Waals surface area contributed by atoms with Crippen LogP contribution in [-0.2, 0) is 16.0 Å². The van der Waals surface area contributed by atoms with Gasteiger partial charge in [0, 0.05) is 4.47 Å². The number of hydrogen-bond acceptors (Lipinski definition) is 3. The molecule has 5 heteroatoms. The van der Waals surface area contributed by atoms with E-state index in [1.807, 2.05) is 0 Å². The highest BCUT2D eigenvalue weighted by Gasteiger charge is 2.08. The van der Waals surface area contributed by atoms with Crippen molar-refractivity contribution < 1.29 is 13.9 Å². The number of nitrogens with zero attached hydrogens (tertiary/aromatic N) is 1. The van der Waals surface area contributed by atoms with Crippen LogP contribution >= 0.6 is 15.9 Å². The van der Waals surface area contributed by atoms with E-state index in [9.17, 15) is 9.18 Å². The van der Waals surface area contributed by atoms with E-state index in [0.29, 0.717) is 10.2 Å². The lowest BCUT2D eigenvalue weighted by atomic mass is 10.3. The van der Waals surface area contributed by atoms with Crippen molar-refractivity contribution in [3.63, 3.8) is 0 Å². The number of pyridine rings is 1. The fourth-order valence-electron chi connectivity index (χ4n) is 0.791. The number of halogens is 2. The van der Waals surface area contributed by atoms with Gasteiger partial charge >= 0.3 is 5.97 Å². The Balaban J connectivity index is 2.87. The van der Waals surface area contributed by atoms with E-state index >= 15 is 0 Å². The van der Waals surface area contributed by atoms with E-state index in [1.54, 1.807) is 0 Å². The average Bonchev–Trinajstić information content (AvgIpc) is 2.11. The SMILES string of the molecule is COC(=O)Cc1nc(F)ccc1Br. The number of ether oxygens (including phenoxy) is 1. The van der Waals surface area contributed by atoms with E-state index in [4.69, 9.17) is 0 Å². The van der Waals surface area contributed by atoms with Crippen LogP contribution in [0, 0.1) is 5.95 Å². The Kier molecular flexibility index (Phi) is 3.36. The lowest BCUT2D eigenvalue weighted by molar-refractivity contribution is -0.139. The van der Waals surface area contributed by atoms with Gasteiger partial charge in [-0.3, -0.25) is 4.79 Å². The molecule has 0 bridgehead atoms. The molecule has 0 amide bonds. The molecule has 0 aliphatic heterocycles. The smallest absolute Gasteiger partial charge is 0.311 e. The number of carbonyl (C=O) groups is 1. The Morgan fingerprint density at radius 3 is 3.00 bits per heavy atom. The van der Waals surface area contributed by atoms with E-state index in [2.05, 4.69) is 25.7 Å².